The number of nitro benzene ring substituents is 2. The summed E-state index contributed by atoms with van der Waals surface area (Å²) in [4.78, 5) is 20.5. The van der Waals surface area contributed by atoms with Crippen LogP contribution in [0.25, 0.3) is 24.3 Å². The molecule has 1 aromatic heterocycles. The molecule has 0 bridgehead atoms. The molecule has 0 aliphatic carbocycles. The Morgan fingerprint density at radius 3 is 1.37 bits per heavy atom. The average Bonchev–Trinajstić information content (AvgIpc) is 2.71. The maximum absolute atomic E-state index is 10.8. The lowest BCUT2D eigenvalue weighted by atomic mass is 10.1. The fraction of sp³-hybridized carbons (Fsp3) is 0. The summed E-state index contributed by atoms with van der Waals surface area (Å²) in [5.41, 5.74) is 2.23. The minimum atomic E-state index is -0.543. The third-order valence-corrected chi connectivity index (χ3v) is 4.54. The Labute approximate surface area is 180 Å². The zero-order chi connectivity index (χ0) is 21.7. The van der Waals surface area contributed by atoms with E-state index in [0.29, 0.717) is 22.5 Å². The second-order valence-electron chi connectivity index (χ2n) is 5.99. The summed E-state index contributed by atoms with van der Waals surface area (Å²) in [6, 6.07) is 12.3. The number of nitro groups is 2. The van der Waals surface area contributed by atoms with E-state index in [4.69, 9.17) is 23.2 Å². The number of halogens is 2. The van der Waals surface area contributed by atoms with E-state index in [1.165, 1.54) is 24.3 Å². The van der Waals surface area contributed by atoms with E-state index in [0.717, 1.165) is 0 Å². The van der Waals surface area contributed by atoms with E-state index in [-0.39, 0.29) is 21.4 Å². The molecule has 3 rings (SSSR count). The minimum absolute atomic E-state index is 0.0556. The quantitative estimate of drug-likeness (QED) is 0.344. The monoisotopic (exact) mass is 442 g/mol. The average molecular weight is 443 g/mol. The third-order valence-electron chi connectivity index (χ3n) is 3.94. The van der Waals surface area contributed by atoms with E-state index >= 15 is 0 Å². The summed E-state index contributed by atoms with van der Waals surface area (Å²) in [6.45, 7) is 0. The molecule has 0 radical (unpaired) electrons. The lowest BCUT2D eigenvalue weighted by molar-refractivity contribution is -0.384. The number of nitrogens with zero attached hydrogens (tertiary/aromatic N) is 4. The lowest BCUT2D eigenvalue weighted by Crippen LogP contribution is -1.90. The van der Waals surface area contributed by atoms with Gasteiger partial charge in [-0.1, -0.05) is 35.4 Å². The van der Waals surface area contributed by atoms with Crippen LogP contribution < -0.4 is 0 Å². The van der Waals surface area contributed by atoms with Gasteiger partial charge in [-0.2, -0.15) is 10.2 Å². The van der Waals surface area contributed by atoms with Crippen LogP contribution in [0.15, 0.2) is 48.5 Å². The van der Waals surface area contributed by atoms with Gasteiger partial charge in [0.1, 0.15) is 10.0 Å². The first-order valence-electron chi connectivity index (χ1n) is 8.41. The summed E-state index contributed by atoms with van der Waals surface area (Å²) in [5, 5.41) is 29.9. The molecule has 0 saturated heterocycles. The molecular weight excluding hydrogens is 431 g/mol. The predicted octanol–water partition coefficient (Wildman–Crippen LogP) is 5.94. The standard InChI is InChI=1S/C20H12Cl2N4O4/c21-17-11-13(3-9-19(17)25(27)28)1-5-15-7-8-16(24-23-15)6-2-14-4-10-20(26(29)30)18(22)12-14/h1-12H/b5-1+,6-2+. The Hall–Kier alpha value is -3.62. The highest BCUT2D eigenvalue weighted by Gasteiger charge is 2.12. The number of hydrogen-bond acceptors (Lipinski definition) is 6. The van der Waals surface area contributed by atoms with Crippen LogP contribution in [-0.4, -0.2) is 20.0 Å². The molecule has 0 amide bonds. The van der Waals surface area contributed by atoms with Crippen LogP contribution in [0.4, 0.5) is 11.4 Å². The SMILES string of the molecule is O=[N+]([O-])c1ccc(/C=C/c2ccc(/C=C/c3ccc([N+](=O)[O-])c(Cl)c3)nn2)cc1Cl. The Morgan fingerprint density at radius 1 is 0.667 bits per heavy atom. The second kappa shape index (κ2) is 9.25. The molecular formula is C20H12Cl2N4O4. The molecule has 0 aliphatic rings. The maximum atomic E-state index is 10.8. The van der Waals surface area contributed by atoms with Crippen molar-refractivity contribution in [1.82, 2.24) is 10.2 Å². The number of benzene rings is 2. The van der Waals surface area contributed by atoms with Gasteiger partial charge in [-0.3, -0.25) is 20.2 Å². The van der Waals surface area contributed by atoms with Gasteiger partial charge >= 0.3 is 0 Å². The van der Waals surface area contributed by atoms with E-state index < -0.39 is 9.85 Å². The number of rotatable bonds is 6. The highest BCUT2D eigenvalue weighted by atomic mass is 35.5. The molecule has 0 spiro atoms. The minimum Gasteiger partial charge on any atom is -0.258 e. The van der Waals surface area contributed by atoms with Crippen molar-refractivity contribution in [3.63, 3.8) is 0 Å². The van der Waals surface area contributed by atoms with Crippen molar-refractivity contribution in [2.24, 2.45) is 0 Å². The Morgan fingerprint density at radius 2 is 1.07 bits per heavy atom. The van der Waals surface area contributed by atoms with Crippen LogP contribution in [0.2, 0.25) is 10.0 Å². The van der Waals surface area contributed by atoms with Crippen molar-refractivity contribution in [2.75, 3.05) is 0 Å². The molecule has 0 atom stereocenters. The third kappa shape index (κ3) is 5.25. The molecule has 0 fully saturated rings. The largest absolute Gasteiger partial charge is 0.287 e. The van der Waals surface area contributed by atoms with Gasteiger partial charge in [-0.05, 0) is 59.7 Å². The van der Waals surface area contributed by atoms with Crippen molar-refractivity contribution >= 4 is 58.9 Å². The van der Waals surface area contributed by atoms with Crippen LogP contribution in [0.3, 0.4) is 0 Å². The van der Waals surface area contributed by atoms with Crippen LogP contribution in [0.5, 0.6) is 0 Å². The Balaban J connectivity index is 1.69. The fourth-order valence-corrected chi connectivity index (χ4v) is 2.96. The fourth-order valence-electron chi connectivity index (χ4n) is 2.44. The van der Waals surface area contributed by atoms with E-state index in [1.807, 2.05) is 0 Å². The van der Waals surface area contributed by atoms with E-state index in [1.54, 1.807) is 48.6 Å². The summed E-state index contributed by atoms with van der Waals surface area (Å²) in [7, 11) is 0. The van der Waals surface area contributed by atoms with Gasteiger partial charge in [-0.15, -0.1) is 0 Å². The van der Waals surface area contributed by atoms with Crippen molar-refractivity contribution in [3.8, 4) is 0 Å². The van der Waals surface area contributed by atoms with Gasteiger partial charge in [0.2, 0.25) is 0 Å². The molecule has 3 aromatic rings. The zero-order valence-electron chi connectivity index (χ0n) is 15.1. The first kappa shape index (κ1) is 21.1. The van der Waals surface area contributed by atoms with Gasteiger partial charge < -0.3 is 0 Å². The van der Waals surface area contributed by atoms with Gasteiger partial charge in [0.15, 0.2) is 0 Å². The number of hydrogen-bond donors (Lipinski definition) is 0. The van der Waals surface area contributed by atoms with Crippen LogP contribution in [-0.2, 0) is 0 Å². The van der Waals surface area contributed by atoms with E-state index in [2.05, 4.69) is 10.2 Å². The molecule has 1 heterocycles. The normalized spacial score (nSPS) is 11.3. The molecule has 2 aromatic carbocycles. The van der Waals surface area contributed by atoms with Gasteiger partial charge in [-0.25, -0.2) is 0 Å². The van der Waals surface area contributed by atoms with Crippen molar-refractivity contribution in [3.05, 3.63) is 101 Å². The molecule has 0 unspecified atom stereocenters. The molecule has 0 N–H and O–H groups in total. The Bertz CT molecular complexity index is 1090. The second-order valence-corrected chi connectivity index (χ2v) is 6.80. The van der Waals surface area contributed by atoms with Gasteiger partial charge in [0.25, 0.3) is 11.4 Å². The Kier molecular flexibility index (Phi) is 6.51. The summed E-state index contributed by atoms with van der Waals surface area (Å²) < 4.78 is 0. The highest BCUT2D eigenvalue weighted by Crippen LogP contribution is 2.26. The smallest absolute Gasteiger partial charge is 0.258 e. The molecule has 30 heavy (non-hydrogen) atoms. The van der Waals surface area contributed by atoms with Gasteiger partial charge in [0, 0.05) is 12.1 Å². The van der Waals surface area contributed by atoms with Crippen molar-refractivity contribution < 1.29 is 9.85 Å². The maximum Gasteiger partial charge on any atom is 0.287 e. The molecule has 10 heteroatoms. The summed E-state index contributed by atoms with van der Waals surface area (Å²) >= 11 is 11.8. The van der Waals surface area contributed by atoms with E-state index in [9.17, 15) is 20.2 Å². The first-order chi connectivity index (χ1) is 14.3. The lowest BCUT2D eigenvalue weighted by Gasteiger charge is -1.98. The number of aromatic nitrogens is 2. The molecule has 150 valence electrons. The van der Waals surface area contributed by atoms with Crippen LogP contribution in [0.1, 0.15) is 22.5 Å². The van der Waals surface area contributed by atoms with Crippen molar-refractivity contribution in [1.29, 1.82) is 0 Å². The highest BCUT2D eigenvalue weighted by molar-refractivity contribution is 6.33. The van der Waals surface area contributed by atoms with Gasteiger partial charge in [0.05, 0.1) is 21.2 Å². The van der Waals surface area contributed by atoms with Crippen LogP contribution in [0, 0.1) is 20.2 Å². The van der Waals surface area contributed by atoms with Crippen molar-refractivity contribution in [2.45, 2.75) is 0 Å². The predicted molar refractivity (Wildman–Crippen MR) is 116 cm³/mol. The first-order valence-corrected chi connectivity index (χ1v) is 9.17. The molecule has 0 aliphatic heterocycles. The topological polar surface area (TPSA) is 112 Å². The zero-order valence-corrected chi connectivity index (χ0v) is 16.6. The molecule has 8 nitrogen and oxygen atoms in total. The summed E-state index contributed by atoms with van der Waals surface area (Å²) in [6.07, 6.45) is 6.84. The summed E-state index contributed by atoms with van der Waals surface area (Å²) in [5.74, 6) is 0. The van der Waals surface area contributed by atoms with Crippen LogP contribution >= 0.6 is 23.2 Å². The molecule has 0 saturated carbocycles.